The normalized spacial score (nSPS) is 2.08. The van der Waals surface area contributed by atoms with Gasteiger partial charge in [0.25, 0.3) is 5.97 Å². The fourth-order valence-corrected chi connectivity index (χ4v) is 0. The van der Waals surface area contributed by atoms with E-state index in [0.717, 1.165) is 6.92 Å². The summed E-state index contributed by atoms with van der Waals surface area (Å²) in [6.07, 6.45) is 0. The van der Waals surface area contributed by atoms with Crippen LogP contribution in [0.25, 0.3) is 0 Å². The van der Waals surface area contributed by atoms with Crippen molar-refractivity contribution in [3.63, 3.8) is 0 Å². The maximum atomic E-state index is 9.00. The van der Waals surface area contributed by atoms with Crippen LogP contribution < -0.4 is 37.0 Å². The van der Waals surface area contributed by atoms with Crippen LogP contribution >= 0.6 is 30.1 Å². The fourth-order valence-electron chi connectivity index (χ4n) is 0. The lowest BCUT2D eigenvalue weighted by Gasteiger charge is -1.59. The van der Waals surface area contributed by atoms with Crippen LogP contribution in [0.2, 0.25) is 0 Å². The second-order valence-electron chi connectivity index (χ2n) is 0.766. The summed E-state index contributed by atoms with van der Waals surface area (Å²) in [6.45, 7) is 1.08. The van der Waals surface area contributed by atoms with Gasteiger partial charge >= 0.3 is 11.4 Å². The molecule has 0 amide bonds. The summed E-state index contributed by atoms with van der Waals surface area (Å²) < 4.78 is 0. The van der Waals surface area contributed by atoms with Gasteiger partial charge in [0.15, 0.2) is 0 Å². The summed E-state index contributed by atoms with van der Waals surface area (Å²) in [6, 6.07) is 0. The number of quaternary nitrogens is 1. The molecule has 179 valence electrons. The predicted molar refractivity (Wildman–Crippen MR) is 119 cm³/mol. The number of rotatable bonds is 0. The molecule has 0 aromatic rings. The third-order valence-electron chi connectivity index (χ3n) is 0. The Bertz CT molecular complexity index is 98.7. The molecule has 0 unspecified atom stereocenters. The number of hydrogen-bond acceptors (Lipinski definition) is 4. The predicted octanol–water partition coefficient (Wildman–Crippen LogP) is -2.50. The van der Waals surface area contributed by atoms with Crippen molar-refractivity contribution in [3.8, 4) is 0 Å². The molecule has 0 aliphatic carbocycles. The third-order valence-corrected chi connectivity index (χ3v) is 0. The molecule has 0 bridgehead atoms. The summed E-state index contributed by atoms with van der Waals surface area (Å²) in [5.74, 6) is -0.833. The largest absolute Gasteiger partial charge is 1.00 e. The molecule has 0 aromatic carbocycles. The van der Waals surface area contributed by atoms with E-state index in [2.05, 4.69) is 0 Å². The monoisotopic (exact) mass is 511 g/mol. The Balaban J connectivity index is -0.00000000101. The van der Waals surface area contributed by atoms with Gasteiger partial charge in [-0.3, -0.25) is 4.79 Å². The molecule has 0 saturated carbocycles. The lowest BCUT2D eigenvalue weighted by Crippen LogP contribution is -3.00. The van der Waals surface area contributed by atoms with Gasteiger partial charge in [0.2, 0.25) is 0 Å². The van der Waals surface area contributed by atoms with Crippen LogP contribution in [-0.4, -0.2) is 72.7 Å². The molecular formula is C7H49Al2Cl4N4O8. The highest BCUT2D eigenvalue weighted by atomic mass is 35.8. The van der Waals surface area contributed by atoms with Crippen LogP contribution in [0.4, 0.5) is 0 Å². The zero-order valence-corrected chi connectivity index (χ0v) is 16.5. The molecule has 0 heterocycles. The van der Waals surface area contributed by atoms with Gasteiger partial charge in [-0.1, -0.05) is 37.1 Å². The third kappa shape index (κ3) is 8190. The van der Waals surface area contributed by atoms with E-state index >= 15 is 0 Å². The van der Waals surface area contributed by atoms with E-state index in [4.69, 9.17) is 40.0 Å². The van der Waals surface area contributed by atoms with Crippen LogP contribution in [0.3, 0.4) is 0 Å². The molecule has 0 atom stereocenters. The van der Waals surface area contributed by atoms with Gasteiger partial charge in [0.1, 0.15) is 0 Å². The number of hydrogen-bond donors (Lipinski definition) is 5. The minimum absolute atomic E-state index is 0. The Morgan fingerprint density at radius 1 is 0.720 bits per heavy atom. The zero-order valence-electron chi connectivity index (χ0n) is 11.1. The summed E-state index contributed by atoms with van der Waals surface area (Å²) in [4.78, 5) is 9.00. The molecule has 3 radical (unpaired) electrons. The number of carbonyl (C=O) groups is 1. The molecule has 0 aliphatic rings. The second-order valence-corrected chi connectivity index (χ2v) is 7.20. The van der Waals surface area contributed by atoms with Crippen molar-refractivity contribution in [2.75, 3.05) is 0 Å². The van der Waals surface area contributed by atoms with Gasteiger partial charge in [-0.25, -0.2) is 30.1 Å². The summed E-state index contributed by atoms with van der Waals surface area (Å²) >= 11 is -1.72. The highest BCUT2D eigenvalue weighted by Crippen LogP contribution is 1.97. The Labute approximate surface area is 188 Å². The lowest BCUT2D eigenvalue weighted by atomic mass is 10.9. The molecule has 0 fully saturated rings. The van der Waals surface area contributed by atoms with Gasteiger partial charge in [0, 0.05) is 24.3 Å². The van der Waals surface area contributed by atoms with Crippen LogP contribution in [0, 0.1) is 0 Å². The minimum Gasteiger partial charge on any atom is -1.00 e. The zero-order chi connectivity index (χ0) is 7.15. The van der Waals surface area contributed by atoms with E-state index in [1.165, 1.54) is 0 Å². The SMILES string of the molecule is C.C.C.C.C.CC(=O)O.N.N.N.O.O.O.O.O.O.[Al].[Cl-].[Cl][Al]([Cl])[Cl].[NH4+]. The molecule has 26 N–H and O–H groups in total. The number of aliphatic carboxylic acids is 1. The number of halogens is 4. The minimum atomic E-state index is -1.72. The molecular weight excluding hydrogens is 464 g/mol. The van der Waals surface area contributed by atoms with Crippen LogP contribution in [0.1, 0.15) is 44.1 Å². The summed E-state index contributed by atoms with van der Waals surface area (Å²) in [5.41, 5.74) is 0. The first kappa shape index (κ1) is 316. The standard InChI is InChI=1S/C2H4O2.5CH4.2Al.4ClH.4H3N.6H2O/c1-2(3)4;;;;;;;;;;;;;;;;;;;;;/h1H3,(H,3,4);5*1H4;;;4*1H;4*1H3;6*1H2/q;;;;;;;+3;;;;;;;;;;;;;;/p-3. The number of carboxylic acids is 1. The van der Waals surface area contributed by atoms with E-state index in [1.807, 2.05) is 0 Å². The van der Waals surface area contributed by atoms with E-state index in [1.54, 1.807) is 0 Å². The van der Waals surface area contributed by atoms with Crippen molar-refractivity contribution in [1.82, 2.24) is 24.6 Å². The fraction of sp³-hybridized carbons (Fsp3) is 0.857. The highest BCUT2D eigenvalue weighted by Gasteiger charge is 2.00. The first-order valence-corrected chi connectivity index (χ1v) is 6.82. The van der Waals surface area contributed by atoms with Crippen LogP contribution in [0.15, 0.2) is 0 Å². The van der Waals surface area contributed by atoms with Crippen LogP contribution in [0.5, 0.6) is 0 Å². The Morgan fingerprint density at radius 3 is 0.720 bits per heavy atom. The van der Waals surface area contributed by atoms with E-state index < -0.39 is 17.4 Å². The molecule has 0 spiro atoms. The Hall–Kier alpha value is 1.29. The van der Waals surface area contributed by atoms with Gasteiger partial charge in [0.05, 0.1) is 0 Å². The van der Waals surface area contributed by atoms with Crippen molar-refractivity contribution in [3.05, 3.63) is 0 Å². The van der Waals surface area contributed by atoms with Gasteiger partial charge in [-0.05, 0) is 0 Å². The molecule has 0 aliphatic heterocycles. The highest BCUT2D eigenvalue weighted by molar-refractivity contribution is 7.54. The van der Waals surface area contributed by atoms with Crippen molar-refractivity contribution >= 4 is 64.9 Å². The summed E-state index contributed by atoms with van der Waals surface area (Å²) in [7, 11) is 14.8. The lowest BCUT2D eigenvalue weighted by molar-refractivity contribution is -0.134. The van der Waals surface area contributed by atoms with Crippen LogP contribution in [-0.2, 0) is 4.79 Å². The second kappa shape index (κ2) is 281. The number of carboxylic acid groups (broad SMARTS) is 1. The molecule has 18 heteroatoms. The Morgan fingerprint density at radius 2 is 0.720 bits per heavy atom. The van der Waals surface area contributed by atoms with E-state index in [0.29, 0.717) is 0 Å². The van der Waals surface area contributed by atoms with Gasteiger partial charge < -0.3 is 75.0 Å². The average molecular weight is 513 g/mol. The summed E-state index contributed by atoms with van der Waals surface area (Å²) in [5, 5.41) is 7.42. The molecule has 0 saturated heterocycles. The van der Waals surface area contributed by atoms with Gasteiger partial charge in [-0.2, -0.15) is 0 Å². The van der Waals surface area contributed by atoms with Crippen molar-refractivity contribution in [2.24, 2.45) is 0 Å². The average Bonchev–Trinajstić information content (AvgIpc) is 1.25. The quantitative estimate of drug-likeness (QED) is 0.218. The smallest absolute Gasteiger partial charge is 0.643 e. The molecule has 12 nitrogen and oxygen atoms in total. The first-order valence-electron chi connectivity index (χ1n) is 1.58. The topological polar surface area (TPSA) is 368 Å². The van der Waals surface area contributed by atoms with E-state index in [-0.39, 0.29) is 124 Å². The van der Waals surface area contributed by atoms with Gasteiger partial charge in [-0.15, -0.1) is 0 Å². The van der Waals surface area contributed by atoms with E-state index in [9.17, 15) is 0 Å². The molecule has 0 rings (SSSR count). The van der Waals surface area contributed by atoms with Crippen molar-refractivity contribution < 1.29 is 55.2 Å². The van der Waals surface area contributed by atoms with Crippen molar-refractivity contribution in [2.45, 2.75) is 44.1 Å². The maximum Gasteiger partial charge on any atom is 0.643 e. The molecule has 0 aromatic heterocycles. The molecule has 25 heavy (non-hydrogen) atoms. The van der Waals surface area contributed by atoms with Crippen molar-refractivity contribution in [1.29, 1.82) is 0 Å². The maximum absolute atomic E-state index is 9.00. The first-order chi connectivity index (χ1) is 3.46. The Kier molecular flexibility index (Phi) is 3550.